The largest absolute Gasteiger partial charge is 0.311 e. The van der Waals surface area contributed by atoms with Crippen molar-refractivity contribution in [2.75, 3.05) is 4.90 Å². The van der Waals surface area contributed by atoms with E-state index in [1.165, 1.54) is 75.1 Å². The highest BCUT2D eigenvalue weighted by molar-refractivity contribution is 7.25. The molecule has 0 spiro atoms. The third-order valence-corrected chi connectivity index (χ3v) is 12.5. The number of allylic oxidation sites excluding steroid dienone is 3. The highest BCUT2D eigenvalue weighted by Crippen LogP contribution is 2.42. The quantitative estimate of drug-likeness (QED) is 0.166. The van der Waals surface area contributed by atoms with E-state index < -0.39 is 0 Å². The van der Waals surface area contributed by atoms with Gasteiger partial charge in [0.15, 0.2) is 0 Å². The molecule has 2 aromatic heterocycles. The number of nitrogens with zero attached hydrogens (tertiary/aromatic N) is 2. The van der Waals surface area contributed by atoms with Crippen molar-refractivity contribution in [3.05, 3.63) is 211 Å². The number of rotatable bonds is 6. The Bertz CT molecular complexity index is 3110. The van der Waals surface area contributed by atoms with Crippen LogP contribution in [-0.2, 0) is 0 Å². The summed E-state index contributed by atoms with van der Waals surface area (Å²) in [6.07, 6.45) is 8.02. The van der Waals surface area contributed by atoms with Crippen LogP contribution in [0, 0.1) is 0 Å². The highest BCUT2D eigenvalue weighted by Gasteiger charge is 2.20. The van der Waals surface area contributed by atoms with Crippen LogP contribution in [0.1, 0.15) is 17.9 Å². The monoisotopic (exact) mass is 720 g/mol. The Kier molecular flexibility index (Phi) is 7.53. The summed E-state index contributed by atoms with van der Waals surface area (Å²) in [6, 6.07) is 66.6. The number of hydrogen-bond donors (Lipinski definition) is 0. The second kappa shape index (κ2) is 13.0. The van der Waals surface area contributed by atoms with Crippen molar-refractivity contribution in [2.45, 2.75) is 12.3 Å². The molecule has 8 aromatic carbocycles. The lowest BCUT2D eigenvalue weighted by Gasteiger charge is -2.29. The van der Waals surface area contributed by atoms with Gasteiger partial charge in [0.2, 0.25) is 0 Å². The Balaban J connectivity index is 1.02. The van der Waals surface area contributed by atoms with Crippen molar-refractivity contribution in [2.24, 2.45) is 0 Å². The molecule has 10 aromatic rings. The smallest absolute Gasteiger partial charge is 0.0619 e. The lowest BCUT2D eigenvalue weighted by molar-refractivity contribution is 0.840. The van der Waals surface area contributed by atoms with Crippen LogP contribution in [0.5, 0.6) is 0 Å². The Morgan fingerprint density at radius 1 is 0.527 bits per heavy atom. The Morgan fingerprint density at radius 2 is 1.22 bits per heavy atom. The zero-order valence-electron chi connectivity index (χ0n) is 30.1. The van der Waals surface area contributed by atoms with Crippen LogP contribution in [0.25, 0.3) is 69.6 Å². The van der Waals surface area contributed by atoms with Gasteiger partial charge in [0, 0.05) is 65.0 Å². The number of hydrogen-bond acceptors (Lipinski definition) is 2. The van der Waals surface area contributed by atoms with Crippen LogP contribution in [0.15, 0.2) is 206 Å². The van der Waals surface area contributed by atoms with E-state index in [4.69, 9.17) is 0 Å². The van der Waals surface area contributed by atoms with Gasteiger partial charge in [-0.2, -0.15) is 0 Å². The van der Waals surface area contributed by atoms with Crippen molar-refractivity contribution < 1.29 is 0 Å². The predicted octanol–water partition coefficient (Wildman–Crippen LogP) is 14.7. The summed E-state index contributed by atoms with van der Waals surface area (Å²) in [6.45, 7) is 0. The molecule has 11 rings (SSSR count). The van der Waals surface area contributed by atoms with Crippen molar-refractivity contribution in [3.63, 3.8) is 0 Å². The Hall–Kier alpha value is -6.68. The molecule has 0 bridgehead atoms. The minimum atomic E-state index is 0.364. The highest BCUT2D eigenvalue weighted by atomic mass is 32.1. The number of thiophene rings is 1. The van der Waals surface area contributed by atoms with E-state index in [1.54, 1.807) is 0 Å². The lowest BCUT2D eigenvalue weighted by Crippen LogP contribution is -2.17. The summed E-state index contributed by atoms with van der Waals surface area (Å²) in [5, 5.41) is 7.72. The van der Waals surface area contributed by atoms with E-state index in [9.17, 15) is 0 Å². The number of anilines is 2. The van der Waals surface area contributed by atoms with Gasteiger partial charge in [0.05, 0.1) is 11.0 Å². The molecule has 1 atom stereocenters. The number of aromatic nitrogens is 1. The van der Waals surface area contributed by atoms with E-state index >= 15 is 0 Å². The van der Waals surface area contributed by atoms with Gasteiger partial charge < -0.3 is 9.47 Å². The first-order chi connectivity index (χ1) is 27.3. The molecule has 0 N–H and O–H groups in total. The van der Waals surface area contributed by atoms with E-state index in [-0.39, 0.29) is 0 Å². The molecule has 0 saturated heterocycles. The average molecular weight is 721 g/mol. The number of para-hydroxylation sites is 1. The first kappa shape index (κ1) is 31.8. The molecule has 0 aliphatic heterocycles. The molecule has 1 aliphatic rings. The van der Waals surface area contributed by atoms with E-state index in [0.29, 0.717) is 5.92 Å². The van der Waals surface area contributed by atoms with Crippen LogP contribution in [0.3, 0.4) is 0 Å². The van der Waals surface area contributed by atoms with Gasteiger partial charge in [-0.3, -0.25) is 0 Å². The topological polar surface area (TPSA) is 8.17 Å². The summed E-state index contributed by atoms with van der Waals surface area (Å²) >= 11 is 1.87. The fraction of sp³-hybridized carbons (Fsp3) is 0.0385. The van der Waals surface area contributed by atoms with Gasteiger partial charge in [-0.15, -0.1) is 11.3 Å². The molecular weight excluding hydrogens is 685 g/mol. The summed E-state index contributed by atoms with van der Waals surface area (Å²) in [5.74, 6) is 0.364. The second-order valence-corrected chi connectivity index (χ2v) is 15.5. The third kappa shape index (κ3) is 5.31. The lowest BCUT2D eigenvalue weighted by atomic mass is 9.91. The maximum Gasteiger partial charge on any atom is 0.0619 e. The van der Waals surface area contributed by atoms with Crippen LogP contribution < -0.4 is 4.90 Å². The van der Waals surface area contributed by atoms with Gasteiger partial charge in [-0.1, -0.05) is 140 Å². The average Bonchev–Trinajstić information content (AvgIpc) is 3.81. The molecule has 0 saturated carbocycles. The van der Waals surface area contributed by atoms with Crippen molar-refractivity contribution in [1.82, 2.24) is 4.57 Å². The molecule has 0 amide bonds. The van der Waals surface area contributed by atoms with E-state index in [1.807, 2.05) is 11.3 Å². The molecule has 1 aliphatic carbocycles. The SMILES string of the molecule is C1=CC(c2ccccc2)CC=C1N(c1ccc(-c2cccc3sc4ccccc4c23)cc1)c1ccc(-n2c3ccccc3c3ccc4ccccc4c32)cc1. The molecule has 260 valence electrons. The molecule has 1 unspecified atom stereocenters. The summed E-state index contributed by atoms with van der Waals surface area (Å²) in [4.78, 5) is 2.41. The minimum absolute atomic E-state index is 0.364. The van der Waals surface area contributed by atoms with Crippen molar-refractivity contribution in [3.8, 4) is 16.8 Å². The molecule has 3 heteroatoms. The number of benzene rings is 8. The molecule has 55 heavy (non-hydrogen) atoms. The maximum atomic E-state index is 2.44. The second-order valence-electron chi connectivity index (χ2n) is 14.5. The maximum absolute atomic E-state index is 2.44. The van der Waals surface area contributed by atoms with E-state index in [2.05, 4.69) is 210 Å². The van der Waals surface area contributed by atoms with Crippen LogP contribution in [0.4, 0.5) is 11.4 Å². The molecule has 2 heterocycles. The van der Waals surface area contributed by atoms with Crippen LogP contribution >= 0.6 is 11.3 Å². The fourth-order valence-electron chi connectivity index (χ4n) is 8.72. The van der Waals surface area contributed by atoms with Crippen LogP contribution in [0.2, 0.25) is 0 Å². The van der Waals surface area contributed by atoms with E-state index in [0.717, 1.165) is 23.5 Å². The summed E-state index contributed by atoms with van der Waals surface area (Å²) < 4.78 is 5.09. The van der Waals surface area contributed by atoms with Crippen molar-refractivity contribution in [1.29, 1.82) is 0 Å². The van der Waals surface area contributed by atoms with Gasteiger partial charge >= 0.3 is 0 Å². The summed E-state index contributed by atoms with van der Waals surface area (Å²) in [5.41, 5.74) is 10.9. The number of fused-ring (bicyclic) bond motifs is 8. The predicted molar refractivity (Wildman–Crippen MR) is 236 cm³/mol. The van der Waals surface area contributed by atoms with Crippen molar-refractivity contribution >= 4 is 75.5 Å². The zero-order chi connectivity index (χ0) is 36.3. The van der Waals surface area contributed by atoms with Gasteiger partial charge in [-0.05, 0) is 89.2 Å². The molecular formula is C52H36N2S. The van der Waals surface area contributed by atoms with Gasteiger partial charge in [0.1, 0.15) is 0 Å². The standard InChI is InChI=1S/C52H36N2S/c1-2-11-35(12-3-1)36-21-26-39(27-22-36)53(40-28-23-38(24-29-40)43-17-10-20-50-51(43)47-16-7-9-19-49(47)55-50)41-30-32-42(33-31-41)54-48-18-8-6-15-45(48)46-34-25-37-13-4-5-14-44(37)52(46)54/h1-21,23-34,36H,22H2. The molecule has 2 nitrogen and oxygen atoms in total. The first-order valence-electron chi connectivity index (χ1n) is 19.0. The zero-order valence-corrected chi connectivity index (χ0v) is 31.0. The summed E-state index contributed by atoms with van der Waals surface area (Å²) in [7, 11) is 0. The van der Waals surface area contributed by atoms with Gasteiger partial charge in [-0.25, -0.2) is 0 Å². The Morgan fingerprint density at radius 3 is 2.02 bits per heavy atom. The van der Waals surface area contributed by atoms with Gasteiger partial charge in [0.25, 0.3) is 0 Å². The first-order valence-corrected chi connectivity index (χ1v) is 19.9. The molecule has 0 radical (unpaired) electrons. The third-order valence-electron chi connectivity index (χ3n) is 11.3. The molecule has 0 fully saturated rings. The fourth-order valence-corrected chi connectivity index (χ4v) is 9.86. The Labute approximate surface area is 324 Å². The normalized spacial score (nSPS) is 14.3. The minimum Gasteiger partial charge on any atom is -0.311 e. The van der Waals surface area contributed by atoms with Crippen LogP contribution in [-0.4, -0.2) is 4.57 Å².